The summed E-state index contributed by atoms with van der Waals surface area (Å²) in [5, 5.41) is 2.63. The molecule has 0 saturated carbocycles. The van der Waals surface area contributed by atoms with Crippen LogP contribution in [-0.2, 0) is 4.74 Å². The van der Waals surface area contributed by atoms with E-state index < -0.39 is 6.09 Å². The van der Waals surface area contributed by atoms with E-state index in [-0.39, 0.29) is 23.2 Å². The molecule has 1 N–H and O–H groups in total. The lowest BCUT2D eigenvalue weighted by Crippen LogP contribution is -2.14. The van der Waals surface area contributed by atoms with Gasteiger partial charge in [0.05, 0.1) is 6.61 Å². The molecule has 0 aliphatic rings. The highest BCUT2D eigenvalue weighted by Crippen LogP contribution is 2.29. The zero-order valence-corrected chi connectivity index (χ0v) is 10.2. The van der Waals surface area contributed by atoms with Gasteiger partial charge >= 0.3 is 6.09 Å². The molecule has 0 bridgehead atoms. The summed E-state index contributed by atoms with van der Waals surface area (Å²) in [6.07, 6.45) is -0.206. The summed E-state index contributed by atoms with van der Waals surface area (Å²) in [5.74, 6) is -0.0344. The van der Waals surface area contributed by atoms with Gasteiger partial charge in [-0.25, -0.2) is 9.78 Å². The normalized spacial score (nSPS) is 10.3. The van der Waals surface area contributed by atoms with Gasteiger partial charge in [0, 0.05) is 0 Å². The first-order valence-electron chi connectivity index (χ1n) is 5.13. The van der Waals surface area contributed by atoms with E-state index in [1.807, 2.05) is 0 Å². The van der Waals surface area contributed by atoms with Crippen molar-refractivity contribution in [1.29, 1.82) is 0 Å². The van der Waals surface area contributed by atoms with E-state index in [9.17, 15) is 9.59 Å². The smallest absolute Gasteiger partial charge is 0.411 e. The van der Waals surface area contributed by atoms with Gasteiger partial charge in [0.25, 0.3) is 0 Å². The molecule has 0 spiro atoms. The second-order valence-electron chi connectivity index (χ2n) is 3.29. The Bertz CT molecular complexity index is 608. The lowest BCUT2D eigenvalue weighted by atomic mass is 10.3. The molecule has 2 aromatic rings. The number of carbonyl (C=O) groups excluding carboxylic acids is 2. The summed E-state index contributed by atoms with van der Waals surface area (Å²) in [4.78, 5) is 26.2. The van der Waals surface area contributed by atoms with Crippen molar-refractivity contribution < 1.29 is 18.7 Å². The van der Waals surface area contributed by atoms with Crippen molar-refractivity contribution in [2.45, 2.75) is 6.92 Å². The minimum absolute atomic E-state index is 0.0344. The first-order valence-corrected chi connectivity index (χ1v) is 5.51. The van der Waals surface area contributed by atoms with E-state index in [1.54, 1.807) is 13.0 Å². The van der Waals surface area contributed by atoms with Crippen molar-refractivity contribution in [2.75, 3.05) is 11.9 Å². The first kappa shape index (κ1) is 12.4. The first-order chi connectivity index (χ1) is 8.65. The molecule has 0 saturated heterocycles. The lowest BCUT2D eigenvalue weighted by Gasteiger charge is -2.03. The molecule has 94 valence electrons. The molecule has 0 aliphatic carbocycles. The maximum atomic E-state index is 11.4. The average molecular weight is 269 g/mol. The molecule has 2 aromatic heterocycles. The SMILES string of the molecule is CCOC(=O)Nc1c(C=O)oc2ccc(Cl)nc12. The van der Waals surface area contributed by atoms with Crippen LogP contribution in [0.4, 0.5) is 10.5 Å². The van der Waals surface area contributed by atoms with E-state index >= 15 is 0 Å². The third-order valence-electron chi connectivity index (χ3n) is 2.14. The molecule has 2 heterocycles. The molecule has 0 radical (unpaired) electrons. The largest absolute Gasteiger partial charge is 0.450 e. The number of rotatable bonds is 3. The van der Waals surface area contributed by atoms with Crippen LogP contribution in [0.2, 0.25) is 5.15 Å². The molecular weight excluding hydrogens is 260 g/mol. The minimum Gasteiger partial charge on any atom is -0.450 e. The maximum absolute atomic E-state index is 11.4. The van der Waals surface area contributed by atoms with Crippen LogP contribution in [0.25, 0.3) is 11.1 Å². The van der Waals surface area contributed by atoms with Gasteiger partial charge in [-0.2, -0.15) is 0 Å². The molecule has 0 fully saturated rings. The van der Waals surface area contributed by atoms with Crippen molar-refractivity contribution in [3.8, 4) is 0 Å². The second-order valence-corrected chi connectivity index (χ2v) is 3.67. The van der Waals surface area contributed by atoms with Crippen molar-refractivity contribution in [1.82, 2.24) is 4.98 Å². The third kappa shape index (κ3) is 2.28. The summed E-state index contributed by atoms with van der Waals surface area (Å²) >= 11 is 5.76. The average Bonchev–Trinajstić information content (AvgIpc) is 2.67. The standard InChI is InChI=1S/C11H9ClN2O4/c1-2-17-11(16)14-10-7(5-15)18-6-3-4-8(12)13-9(6)10/h3-5H,2H2,1H3,(H,14,16). The van der Waals surface area contributed by atoms with Crippen molar-refractivity contribution in [3.63, 3.8) is 0 Å². The Kier molecular flexibility index (Phi) is 3.47. The van der Waals surface area contributed by atoms with Crippen LogP contribution in [0, 0.1) is 0 Å². The molecule has 6 nitrogen and oxygen atoms in total. The summed E-state index contributed by atoms with van der Waals surface area (Å²) in [7, 11) is 0. The third-order valence-corrected chi connectivity index (χ3v) is 2.35. The number of aromatic nitrogens is 1. The fourth-order valence-electron chi connectivity index (χ4n) is 1.44. The highest BCUT2D eigenvalue weighted by atomic mass is 35.5. The number of ether oxygens (including phenoxy) is 1. The number of halogens is 1. The van der Waals surface area contributed by atoms with Crippen molar-refractivity contribution in [3.05, 3.63) is 23.0 Å². The van der Waals surface area contributed by atoms with E-state index in [1.165, 1.54) is 6.07 Å². The number of nitrogens with one attached hydrogen (secondary N) is 1. The highest BCUT2D eigenvalue weighted by Gasteiger charge is 2.18. The number of amides is 1. The molecule has 0 unspecified atom stereocenters. The Morgan fingerprint density at radius 2 is 2.39 bits per heavy atom. The quantitative estimate of drug-likeness (QED) is 0.684. The molecule has 18 heavy (non-hydrogen) atoms. The van der Waals surface area contributed by atoms with Gasteiger partial charge in [-0.15, -0.1) is 0 Å². The van der Waals surface area contributed by atoms with Crippen LogP contribution >= 0.6 is 11.6 Å². The summed E-state index contributed by atoms with van der Waals surface area (Å²) < 4.78 is 9.95. The predicted molar refractivity (Wildman–Crippen MR) is 65.1 cm³/mol. The van der Waals surface area contributed by atoms with Crippen LogP contribution in [0.5, 0.6) is 0 Å². The monoisotopic (exact) mass is 268 g/mol. The van der Waals surface area contributed by atoms with Crippen molar-refractivity contribution in [2.24, 2.45) is 0 Å². The van der Waals surface area contributed by atoms with Crippen molar-refractivity contribution >= 4 is 40.8 Å². The lowest BCUT2D eigenvalue weighted by molar-refractivity contribution is 0.110. The molecular formula is C11H9ClN2O4. The van der Waals surface area contributed by atoms with Gasteiger partial charge in [-0.3, -0.25) is 10.1 Å². The molecule has 0 atom stereocenters. The van der Waals surface area contributed by atoms with E-state index in [0.29, 0.717) is 17.4 Å². The topological polar surface area (TPSA) is 81.4 Å². The van der Waals surface area contributed by atoms with Gasteiger partial charge in [-0.1, -0.05) is 11.6 Å². The van der Waals surface area contributed by atoms with E-state index in [0.717, 1.165) is 0 Å². The molecule has 7 heteroatoms. The Hall–Kier alpha value is -2.08. The predicted octanol–water partition coefficient (Wildman–Crippen LogP) is 2.86. The maximum Gasteiger partial charge on any atom is 0.411 e. The number of fused-ring (bicyclic) bond motifs is 1. The minimum atomic E-state index is -0.690. The Labute approximate surface area is 107 Å². The van der Waals surface area contributed by atoms with Crippen LogP contribution in [0.3, 0.4) is 0 Å². The number of nitrogens with zero attached hydrogens (tertiary/aromatic N) is 1. The number of carbonyl (C=O) groups is 2. The highest BCUT2D eigenvalue weighted by molar-refractivity contribution is 6.30. The van der Waals surface area contributed by atoms with Gasteiger partial charge < -0.3 is 9.15 Å². The van der Waals surface area contributed by atoms with Gasteiger partial charge in [0.15, 0.2) is 17.6 Å². The number of hydrogen-bond acceptors (Lipinski definition) is 5. The van der Waals surface area contributed by atoms with E-state index in [2.05, 4.69) is 10.3 Å². The van der Waals surface area contributed by atoms with Gasteiger partial charge in [0.1, 0.15) is 16.4 Å². The zero-order chi connectivity index (χ0) is 13.1. The molecule has 1 amide bonds. The summed E-state index contributed by atoms with van der Waals surface area (Å²) in [6, 6.07) is 3.09. The fraction of sp³-hybridized carbons (Fsp3) is 0.182. The fourth-order valence-corrected chi connectivity index (χ4v) is 1.59. The molecule has 0 aromatic carbocycles. The number of furan rings is 1. The van der Waals surface area contributed by atoms with Crippen LogP contribution in [0.1, 0.15) is 17.5 Å². The molecule has 2 rings (SSSR count). The number of aldehydes is 1. The Morgan fingerprint density at radius 3 is 3.06 bits per heavy atom. The summed E-state index contributed by atoms with van der Waals surface area (Å²) in [6.45, 7) is 1.88. The Morgan fingerprint density at radius 1 is 1.61 bits per heavy atom. The number of pyridine rings is 1. The second kappa shape index (κ2) is 5.05. The van der Waals surface area contributed by atoms with Crippen LogP contribution < -0.4 is 5.32 Å². The number of anilines is 1. The van der Waals surface area contributed by atoms with Gasteiger partial charge in [-0.05, 0) is 19.1 Å². The molecule has 0 aliphatic heterocycles. The van der Waals surface area contributed by atoms with Crippen LogP contribution in [-0.4, -0.2) is 24.0 Å². The Balaban J connectivity index is 2.48. The van der Waals surface area contributed by atoms with Crippen LogP contribution in [0.15, 0.2) is 16.5 Å². The van der Waals surface area contributed by atoms with E-state index in [4.69, 9.17) is 20.8 Å². The number of hydrogen-bond donors (Lipinski definition) is 1. The van der Waals surface area contributed by atoms with Gasteiger partial charge in [0.2, 0.25) is 0 Å². The zero-order valence-electron chi connectivity index (χ0n) is 9.40. The summed E-state index contributed by atoms with van der Waals surface area (Å²) in [5.41, 5.74) is 0.812.